The van der Waals surface area contributed by atoms with Gasteiger partial charge in [0.05, 0.1) is 12.7 Å². The van der Waals surface area contributed by atoms with E-state index in [0.717, 1.165) is 42.0 Å². The highest BCUT2D eigenvalue weighted by atomic mass is 16.5. The van der Waals surface area contributed by atoms with Crippen molar-refractivity contribution >= 4 is 5.91 Å². The van der Waals surface area contributed by atoms with Crippen molar-refractivity contribution in [2.75, 3.05) is 13.7 Å². The lowest BCUT2D eigenvalue weighted by atomic mass is 9.98. The molecule has 0 aliphatic carbocycles. The molecule has 2 N–H and O–H groups in total. The van der Waals surface area contributed by atoms with Gasteiger partial charge in [-0.2, -0.15) is 0 Å². The van der Waals surface area contributed by atoms with E-state index in [1.54, 1.807) is 13.3 Å². The highest BCUT2D eigenvalue weighted by Gasteiger charge is 2.17. The molecule has 0 fully saturated rings. The Hall–Kier alpha value is -2.40. The summed E-state index contributed by atoms with van der Waals surface area (Å²) in [5, 5.41) is 6.25. The highest BCUT2D eigenvalue weighted by molar-refractivity contribution is 5.95. The van der Waals surface area contributed by atoms with Crippen LogP contribution in [0.3, 0.4) is 0 Å². The van der Waals surface area contributed by atoms with E-state index >= 15 is 0 Å². The number of carbonyl (C=O) groups excluding carboxylic acids is 1. The Morgan fingerprint density at radius 1 is 1.41 bits per heavy atom. The molecule has 0 bridgehead atoms. The van der Waals surface area contributed by atoms with Crippen LogP contribution >= 0.6 is 0 Å². The van der Waals surface area contributed by atoms with Gasteiger partial charge in [-0.15, -0.1) is 0 Å². The van der Waals surface area contributed by atoms with Gasteiger partial charge in [-0.3, -0.25) is 9.78 Å². The largest absolute Gasteiger partial charge is 0.497 e. The van der Waals surface area contributed by atoms with Crippen molar-refractivity contribution in [1.82, 2.24) is 15.6 Å². The van der Waals surface area contributed by atoms with Gasteiger partial charge < -0.3 is 15.4 Å². The third kappa shape index (κ3) is 3.09. The number of nitrogens with one attached hydrogen (secondary N) is 2. The molecule has 1 aliphatic rings. The van der Waals surface area contributed by atoms with Crippen LogP contribution in [0.1, 0.15) is 27.0 Å². The quantitative estimate of drug-likeness (QED) is 0.901. The molecule has 0 saturated heterocycles. The number of hydrogen-bond acceptors (Lipinski definition) is 4. The molecule has 2 heterocycles. The van der Waals surface area contributed by atoms with Crippen LogP contribution in [0, 0.1) is 0 Å². The van der Waals surface area contributed by atoms with Gasteiger partial charge in [-0.25, -0.2) is 0 Å². The van der Waals surface area contributed by atoms with Gasteiger partial charge in [0, 0.05) is 25.5 Å². The highest BCUT2D eigenvalue weighted by Crippen LogP contribution is 2.17. The number of methoxy groups -OCH3 is 1. The van der Waals surface area contributed by atoms with Gasteiger partial charge in [0.25, 0.3) is 5.91 Å². The number of nitrogens with zero attached hydrogens (tertiary/aromatic N) is 1. The lowest BCUT2D eigenvalue weighted by Crippen LogP contribution is -2.29. The molecular formula is C17H19N3O2. The van der Waals surface area contributed by atoms with E-state index in [9.17, 15) is 4.79 Å². The zero-order chi connectivity index (χ0) is 15.4. The van der Waals surface area contributed by atoms with Gasteiger partial charge in [-0.1, -0.05) is 12.1 Å². The van der Waals surface area contributed by atoms with Crippen LogP contribution in [0.2, 0.25) is 0 Å². The number of hydrogen-bond donors (Lipinski definition) is 2. The fourth-order valence-corrected chi connectivity index (χ4v) is 2.67. The Morgan fingerprint density at radius 2 is 2.32 bits per heavy atom. The average Bonchev–Trinajstić information content (AvgIpc) is 2.59. The van der Waals surface area contributed by atoms with Crippen LogP contribution in [0.5, 0.6) is 5.75 Å². The van der Waals surface area contributed by atoms with Crippen molar-refractivity contribution in [3.63, 3.8) is 0 Å². The van der Waals surface area contributed by atoms with Crippen LogP contribution < -0.4 is 15.4 Å². The monoisotopic (exact) mass is 297 g/mol. The molecule has 114 valence electrons. The number of benzene rings is 1. The zero-order valence-electron chi connectivity index (χ0n) is 12.6. The second kappa shape index (κ2) is 6.58. The predicted octanol–water partition coefficient (Wildman–Crippen LogP) is 1.67. The Balaban J connectivity index is 1.72. The van der Waals surface area contributed by atoms with E-state index in [2.05, 4.69) is 15.6 Å². The minimum Gasteiger partial charge on any atom is -0.497 e. The van der Waals surface area contributed by atoms with Gasteiger partial charge in [0.2, 0.25) is 0 Å². The molecule has 0 saturated carbocycles. The fourth-order valence-electron chi connectivity index (χ4n) is 2.67. The number of ether oxygens (including phenoxy) is 1. The summed E-state index contributed by atoms with van der Waals surface area (Å²) in [6.07, 6.45) is 4.35. The lowest BCUT2D eigenvalue weighted by molar-refractivity contribution is 0.0949. The standard InChI is InChI=1S/C17H19N3O2/c1-22-14-4-2-3-12(7-14)8-20-17(21)16-11-19-10-13-9-18-6-5-15(13)16/h2-4,7,10-11,18H,5-6,8-9H2,1H3,(H,20,21). The molecule has 1 aromatic heterocycles. The zero-order valence-corrected chi connectivity index (χ0v) is 12.6. The minimum atomic E-state index is -0.0749. The molecule has 1 aliphatic heterocycles. The summed E-state index contributed by atoms with van der Waals surface area (Å²) in [6.45, 7) is 2.14. The number of amides is 1. The second-order valence-electron chi connectivity index (χ2n) is 5.29. The van der Waals surface area contributed by atoms with Crippen molar-refractivity contribution in [3.05, 3.63) is 58.9 Å². The first-order chi connectivity index (χ1) is 10.8. The number of pyridine rings is 1. The maximum atomic E-state index is 12.4. The van der Waals surface area contributed by atoms with E-state index < -0.39 is 0 Å². The van der Waals surface area contributed by atoms with E-state index in [-0.39, 0.29) is 5.91 Å². The Morgan fingerprint density at radius 3 is 3.18 bits per heavy atom. The average molecular weight is 297 g/mol. The minimum absolute atomic E-state index is 0.0749. The first kappa shape index (κ1) is 14.5. The van der Waals surface area contributed by atoms with E-state index in [1.165, 1.54) is 0 Å². The summed E-state index contributed by atoms with van der Waals surface area (Å²) in [5.74, 6) is 0.714. The molecule has 5 heteroatoms. The van der Waals surface area contributed by atoms with Crippen LogP contribution in [0.15, 0.2) is 36.7 Å². The van der Waals surface area contributed by atoms with Gasteiger partial charge in [0.15, 0.2) is 0 Å². The summed E-state index contributed by atoms with van der Waals surface area (Å²) in [4.78, 5) is 16.6. The van der Waals surface area contributed by atoms with Gasteiger partial charge in [-0.05, 0) is 41.8 Å². The second-order valence-corrected chi connectivity index (χ2v) is 5.29. The first-order valence-corrected chi connectivity index (χ1v) is 7.35. The SMILES string of the molecule is COc1cccc(CNC(=O)c2cncc3c2CCNC3)c1. The summed E-state index contributed by atoms with van der Waals surface area (Å²) in [5.41, 5.74) is 3.91. The van der Waals surface area contributed by atoms with Crippen molar-refractivity contribution < 1.29 is 9.53 Å². The maximum absolute atomic E-state index is 12.4. The molecule has 3 rings (SSSR count). The van der Waals surface area contributed by atoms with Crippen LogP contribution in [-0.4, -0.2) is 24.5 Å². The maximum Gasteiger partial charge on any atom is 0.253 e. The Bertz CT molecular complexity index is 685. The fraction of sp³-hybridized carbons (Fsp3) is 0.294. The predicted molar refractivity (Wildman–Crippen MR) is 83.8 cm³/mol. The number of carbonyl (C=O) groups is 1. The molecule has 5 nitrogen and oxygen atoms in total. The molecule has 22 heavy (non-hydrogen) atoms. The van der Waals surface area contributed by atoms with Gasteiger partial charge >= 0.3 is 0 Å². The third-order valence-corrected chi connectivity index (χ3v) is 3.85. The number of rotatable bonds is 4. The molecular weight excluding hydrogens is 278 g/mol. The van der Waals surface area contributed by atoms with Crippen LogP contribution in [0.25, 0.3) is 0 Å². The summed E-state index contributed by atoms with van der Waals surface area (Å²) in [6, 6.07) is 7.68. The smallest absolute Gasteiger partial charge is 0.253 e. The normalized spacial score (nSPS) is 13.3. The lowest BCUT2D eigenvalue weighted by Gasteiger charge is -2.19. The molecule has 0 radical (unpaired) electrons. The summed E-state index contributed by atoms with van der Waals surface area (Å²) < 4.78 is 5.19. The molecule has 0 spiro atoms. The third-order valence-electron chi connectivity index (χ3n) is 3.85. The van der Waals surface area contributed by atoms with Crippen molar-refractivity contribution in [1.29, 1.82) is 0 Å². The van der Waals surface area contributed by atoms with E-state index in [4.69, 9.17) is 4.74 Å². The Kier molecular flexibility index (Phi) is 4.34. The molecule has 1 aromatic carbocycles. The van der Waals surface area contributed by atoms with Crippen molar-refractivity contribution in [2.24, 2.45) is 0 Å². The van der Waals surface area contributed by atoms with Crippen molar-refractivity contribution in [3.8, 4) is 5.75 Å². The van der Waals surface area contributed by atoms with E-state index in [0.29, 0.717) is 12.1 Å². The van der Waals surface area contributed by atoms with Crippen LogP contribution in [-0.2, 0) is 19.5 Å². The molecule has 2 aromatic rings. The van der Waals surface area contributed by atoms with E-state index in [1.807, 2.05) is 30.5 Å². The Labute approximate surface area is 129 Å². The summed E-state index contributed by atoms with van der Waals surface area (Å²) in [7, 11) is 1.63. The molecule has 0 atom stereocenters. The molecule has 1 amide bonds. The molecule has 0 unspecified atom stereocenters. The van der Waals surface area contributed by atoms with Crippen LogP contribution in [0.4, 0.5) is 0 Å². The van der Waals surface area contributed by atoms with Gasteiger partial charge in [0.1, 0.15) is 5.75 Å². The van der Waals surface area contributed by atoms with Crippen molar-refractivity contribution in [2.45, 2.75) is 19.5 Å². The summed E-state index contributed by atoms with van der Waals surface area (Å²) >= 11 is 0. The topological polar surface area (TPSA) is 63.2 Å². The number of fused-ring (bicyclic) bond motifs is 1. The number of aromatic nitrogens is 1. The first-order valence-electron chi connectivity index (χ1n) is 7.35.